The molecule has 3 aromatic rings. The van der Waals surface area contributed by atoms with E-state index in [4.69, 9.17) is 15.0 Å². The Kier molecular flexibility index (Phi) is 7.81. The van der Waals surface area contributed by atoms with Crippen molar-refractivity contribution < 1.29 is 19.2 Å². The fraction of sp³-hybridized carbons (Fsp3) is 0.423. The second kappa shape index (κ2) is 11.1. The van der Waals surface area contributed by atoms with Crippen molar-refractivity contribution in [2.24, 2.45) is 0 Å². The normalized spacial score (nSPS) is 16.2. The number of hydrogen-bond donors (Lipinski definition) is 4. The predicted molar refractivity (Wildman–Crippen MR) is 143 cm³/mol. The third-order valence-corrected chi connectivity index (χ3v) is 5.83. The average Bonchev–Trinajstić information content (AvgIpc) is 3.23. The zero-order valence-electron chi connectivity index (χ0n) is 22.3. The van der Waals surface area contributed by atoms with Gasteiger partial charge in [0.2, 0.25) is 5.95 Å². The molecule has 0 unspecified atom stereocenters. The molecule has 1 fully saturated rings. The topological polar surface area (TPSA) is 149 Å². The van der Waals surface area contributed by atoms with Crippen LogP contribution in [0, 0.1) is 5.41 Å². The zero-order valence-corrected chi connectivity index (χ0v) is 22.3. The van der Waals surface area contributed by atoms with Gasteiger partial charge in [-0.3, -0.25) is 10.3 Å². The second-order valence-corrected chi connectivity index (χ2v) is 10.4. The number of benzene rings is 1. The first-order valence-corrected chi connectivity index (χ1v) is 12.4. The van der Waals surface area contributed by atoms with Gasteiger partial charge in [-0.2, -0.15) is 0 Å². The quantitative estimate of drug-likeness (QED) is 0.223. The van der Waals surface area contributed by atoms with Crippen molar-refractivity contribution in [3.63, 3.8) is 0 Å². The summed E-state index contributed by atoms with van der Waals surface area (Å²) in [4.78, 5) is 45.7. The molecule has 12 nitrogen and oxygen atoms in total. The van der Waals surface area contributed by atoms with E-state index in [1.807, 2.05) is 39.8 Å². The Morgan fingerprint density at radius 2 is 2.00 bits per heavy atom. The van der Waals surface area contributed by atoms with Crippen molar-refractivity contribution in [2.75, 3.05) is 25.0 Å². The first kappa shape index (κ1) is 26.9. The summed E-state index contributed by atoms with van der Waals surface area (Å²) in [6, 6.07) is 8.94. The summed E-state index contributed by atoms with van der Waals surface area (Å²) in [6.45, 7) is 12.0. The highest BCUT2D eigenvalue weighted by molar-refractivity contribution is 5.94. The van der Waals surface area contributed by atoms with E-state index in [0.29, 0.717) is 34.9 Å². The maximum Gasteiger partial charge on any atom is 0.410 e. The summed E-state index contributed by atoms with van der Waals surface area (Å²) in [6.07, 6.45) is 1.47. The van der Waals surface area contributed by atoms with E-state index in [9.17, 15) is 9.59 Å². The number of carbonyl (C=O) groups is 2. The SMILES string of the molecule is CC(=N)NOC(=O)c1ccc2nc(Nc3cc(CN4CCN(C(=O)OC(C)(C)C)[C@H](C)C4)ccn3)[nH]c2c1. The van der Waals surface area contributed by atoms with Crippen LogP contribution in [0.25, 0.3) is 11.0 Å². The van der Waals surface area contributed by atoms with Crippen LogP contribution in [0.2, 0.25) is 0 Å². The van der Waals surface area contributed by atoms with E-state index in [1.54, 1.807) is 29.3 Å². The molecule has 0 aliphatic carbocycles. The summed E-state index contributed by atoms with van der Waals surface area (Å²) < 4.78 is 5.54. The number of ether oxygens (including phenoxy) is 1. The van der Waals surface area contributed by atoms with Crippen molar-refractivity contribution in [1.82, 2.24) is 30.2 Å². The number of imidazole rings is 1. The molecule has 38 heavy (non-hydrogen) atoms. The Balaban J connectivity index is 1.37. The molecular weight excluding hydrogens is 488 g/mol. The number of anilines is 2. The molecule has 0 spiro atoms. The van der Waals surface area contributed by atoms with Crippen LogP contribution in [0.15, 0.2) is 36.5 Å². The lowest BCUT2D eigenvalue weighted by Crippen LogP contribution is -2.54. The van der Waals surface area contributed by atoms with Gasteiger partial charge in [0.25, 0.3) is 0 Å². The van der Waals surface area contributed by atoms with Crippen molar-refractivity contribution in [3.8, 4) is 0 Å². The van der Waals surface area contributed by atoms with Crippen LogP contribution < -0.4 is 10.8 Å². The molecule has 3 heterocycles. The summed E-state index contributed by atoms with van der Waals surface area (Å²) in [5, 5.41) is 10.5. The van der Waals surface area contributed by atoms with Gasteiger partial charge in [-0.15, -0.1) is 0 Å². The van der Waals surface area contributed by atoms with Crippen LogP contribution in [-0.4, -0.2) is 73.9 Å². The van der Waals surface area contributed by atoms with E-state index in [0.717, 1.165) is 25.2 Å². The molecule has 0 radical (unpaired) electrons. The smallest absolute Gasteiger partial charge is 0.410 e. The van der Waals surface area contributed by atoms with E-state index in [1.165, 1.54) is 6.92 Å². The predicted octanol–water partition coefficient (Wildman–Crippen LogP) is 3.80. The number of aromatic amines is 1. The molecule has 4 rings (SSSR count). The summed E-state index contributed by atoms with van der Waals surface area (Å²) in [7, 11) is 0. The Bertz CT molecular complexity index is 1330. The van der Waals surface area contributed by atoms with Gasteiger partial charge in [0.15, 0.2) is 0 Å². The molecule has 1 atom stereocenters. The lowest BCUT2D eigenvalue weighted by atomic mass is 10.1. The van der Waals surface area contributed by atoms with Crippen LogP contribution in [0.3, 0.4) is 0 Å². The summed E-state index contributed by atoms with van der Waals surface area (Å²) in [5.41, 5.74) is 4.46. The largest absolute Gasteiger partial charge is 0.444 e. The summed E-state index contributed by atoms with van der Waals surface area (Å²) in [5.74, 6) is 0.550. The number of rotatable bonds is 5. The number of pyridine rings is 1. The number of carbonyl (C=O) groups excluding carboxylic acids is 2. The second-order valence-electron chi connectivity index (χ2n) is 10.4. The molecule has 0 bridgehead atoms. The van der Waals surface area contributed by atoms with Crippen LogP contribution in [0.4, 0.5) is 16.6 Å². The Labute approximate surface area is 221 Å². The van der Waals surface area contributed by atoms with E-state index in [2.05, 4.69) is 30.6 Å². The Hall–Kier alpha value is -4.19. The third kappa shape index (κ3) is 6.97. The monoisotopic (exact) mass is 522 g/mol. The number of amidine groups is 1. The van der Waals surface area contributed by atoms with Gasteiger partial charge in [0, 0.05) is 38.4 Å². The molecular formula is C26H34N8O4. The standard InChI is InChI=1S/C26H34N8O4/c1-16-14-33(10-11-34(16)25(36)37-26(3,4)5)15-18-8-9-28-22(12-18)31-24-29-20-7-6-19(13-21(20)30-24)23(35)38-32-17(2)27/h6-9,12-13,16H,10-11,14-15H2,1-5H3,(H2,27,32)(H2,28,29,30,31)/t16-/m1/s1. The highest BCUT2D eigenvalue weighted by atomic mass is 16.7. The van der Waals surface area contributed by atoms with Crippen molar-refractivity contribution in [3.05, 3.63) is 47.7 Å². The average molecular weight is 523 g/mol. The van der Waals surface area contributed by atoms with Gasteiger partial charge < -0.3 is 24.8 Å². The molecule has 1 amide bonds. The molecule has 0 saturated carbocycles. The van der Waals surface area contributed by atoms with E-state index in [-0.39, 0.29) is 18.0 Å². The van der Waals surface area contributed by atoms with Gasteiger partial charge in [0.1, 0.15) is 17.3 Å². The minimum atomic E-state index is -0.599. The van der Waals surface area contributed by atoms with Gasteiger partial charge in [-0.05, 0) is 70.5 Å². The molecule has 4 N–H and O–H groups in total. The maximum absolute atomic E-state index is 12.5. The van der Waals surface area contributed by atoms with Crippen LogP contribution in [0.1, 0.15) is 50.5 Å². The molecule has 1 aliphatic heterocycles. The van der Waals surface area contributed by atoms with E-state index >= 15 is 0 Å². The van der Waals surface area contributed by atoms with Gasteiger partial charge >= 0.3 is 12.1 Å². The first-order chi connectivity index (χ1) is 18.0. The van der Waals surface area contributed by atoms with Crippen molar-refractivity contribution >= 4 is 40.7 Å². The molecule has 12 heteroatoms. The van der Waals surface area contributed by atoms with Crippen LogP contribution in [-0.2, 0) is 16.1 Å². The maximum atomic E-state index is 12.5. The van der Waals surface area contributed by atoms with Crippen LogP contribution >= 0.6 is 0 Å². The number of piperazine rings is 1. The lowest BCUT2D eigenvalue weighted by Gasteiger charge is -2.40. The number of aromatic nitrogens is 3. The first-order valence-electron chi connectivity index (χ1n) is 12.4. The number of nitrogens with one attached hydrogen (secondary N) is 4. The Morgan fingerprint density at radius 1 is 1.21 bits per heavy atom. The minimum absolute atomic E-state index is 0.0276. The molecule has 1 aliphatic rings. The van der Waals surface area contributed by atoms with Gasteiger partial charge in [0.05, 0.1) is 16.6 Å². The fourth-order valence-electron chi connectivity index (χ4n) is 4.17. The lowest BCUT2D eigenvalue weighted by molar-refractivity contribution is 0.000542. The zero-order chi connectivity index (χ0) is 27.4. The number of hydroxylamine groups is 1. The fourth-order valence-corrected chi connectivity index (χ4v) is 4.17. The van der Waals surface area contributed by atoms with Crippen LogP contribution in [0.5, 0.6) is 0 Å². The highest BCUT2D eigenvalue weighted by Gasteiger charge is 2.30. The number of nitrogens with zero attached hydrogens (tertiary/aromatic N) is 4. The molecule has 2 aromatic heterocycles. The third-order valence-electron chi connectivity index (χ3n) is 5.83. The number of H-pyrrole nitrogens is 1. The van der Waals surface area contributed by atoms with Crippen molar-refractivity contribution in [2.45, 2.75) is 52.8 Å². The highest BCUT2D eigenvalue weighted by Crippen LogP contribution is 2.21. The molecule has 202 valence electrons. The molecule has 1 saturated heterocycles. The van der Waals surface area contributed by atoms with Gasteiger partial charge in [-0.25, -0.2) is 25.0 Å². The number of amides is 1. The number of fused-ring (bicyclic) bond motifs is 1. The number of hydrogen-bond acceptors (Lipinski definition) is 9. The summed E-state index contributed by atoms with van der Waals surface area (Å²) >= 11 is 0. The van der Waals surface area contributed by atoms with Gasteiger partial charge in [-0.1, -0.05) is 0 Å². The molecule has 1 aromatic carbocycles. The minimum Gasteiger partial charge on any atom is -0.444 e. The van der Waals surface area contributed by atoms with Crippen molar-refractivity contribution in [1.29, 1.82) is 5.41 Å². The Morgan fingerprint density at radius 3 is 2.71 bits per heavy atom. The van der Waals surface area contributed by atoms with E-state index < -0.39 is 11.6 Å².